The molecule has 1 unspecified atom stereocenters. The highest BCUT2D eigenvalue weighted by molar-refractivity contribution is 7.88. The quantitative estimate of drug-likeness (QED) is 0.364. The molecule has 0 saturated heterocycles. The van der Waals surface area contributed by atoms with E-state index in [2.05, 4.69) is 0 Å². The van der Waals surface area contributed by atoms with Crippen LogP contribution in [-0.2, 0) is 19.7 Å². The minimum Gasteiger partial charge on any atom is -0.481 e. The van der Waals surface area contributed by atoms with Crippen molar-refractivity contribution in [1.82, 2.24) is 0 Å². The Balaban J connectivity index is 6.12. The molecule has 0 rings (SSSR count). The van der Waals surface area contributed by atoms with Crippen molar-refractivity contribution in [3.63, 3.8) is 0 Å². The molecule has 0 aromatic heterocycles. The Hall–Kier alpha value is -1.15. The van der Waals surface area contributed by atoms with Crippen LogP contribution in [0.5, 0.6) is 0 Å². The smallest absolute Gasteiger partial charge is 0.328 e. The Morgan fingerprint density at radius 3 is 1.48 bits per heavy atom. The molecular weight excluding hydrogens is 324 g/mol. The Morgan fingerprint density at radius 1 is 0.870 bits per heavy atom. The van der Waals surface area contributed by atoms with Gasteiger partial charge in [0.15, 0.2) is 0 Å². The van der Waals surface area contributed by atoms with E-state index in [1.807, 2.05) is 13.8 Å². The van der Waals surface area contributed by atoms with E-state index in [0.717, 1.165) is 19.8 Å². The summed E-state index contributed by atoms with van der Waals surface area (Å²) in [5.41, 5.74) is -2.06. The molecule has 136 valence electrons. The molecule has 3 N–H and O–H groups in total. The van der Waals surface area contributed by atoms with Crippen molar-refractivity contribution in [3.8, 4) is 0 Å². The lowest BCUT2D eigenvalue weighted by Crippen LogP contribution is -2.60. The lowest BCUT2D eigenvalue weighted by Gasteiger charge is -2.40. The summed E-state index contributed by atoms with van der Waals surface area (Å²) in [4.78, 5) is 23.7. The van der Waals surface area contributed by atoms with E-state index in [9.17, 15) is 32.8 Å². The molecule has 0 bridgehead atoms. The van der Waals surface area contributed by atoms with Gasteiger partial charge in [-0.1, -0.05) is 52.4 Å². The fourth-order valence-corrected chi connectivity index (χ4v) is 3.94. The first-order chi connectivity index (χ1) is 10.5. The Bertz CT molecular complexity index is 502. The van der Waals surface area contributed by atoms with Crippen molar-refractivity contribution in [2.75, 3.05) is 0 Å². The first kappa shape index (κ1) is 21.9. The largest absolute Gasteiger partial charge is 0.481 e. The van der Waals surface area contributed by atoms with Gasteiger partial charge >= 0.3 is 11.9 Å². The number of carboxylic acids is 2. The Kier molecular flexibility index (Phi) is 8.20. The van der Waals surface area contributed by atoms with Crippen LogP contribution in [0.25, 0.3) is 0 Å². The molecule has 0 saturated carbocycles. The standard InChI is InChI=1S/C15H28O7S/c1-4-6-8-10-15(13(18)19,11-9-7-5-2)14(3,12(16)17)23(20,21)22/h4-11H2,1-3H3,(H,16,17)(H,18,19)(H,20,21,22). The average molecular weight is 352 g/mol. The van der Waals surface area contributed by atoms with Crippen LogP contribution in [0.4, 0.5) is 0 Å². The van der Waals surface area contributed by atoms with E-state index >= 15 is 0 Å². The van der Waals surface area contributed by atoms with Gasteiger partial charge in [0, 0.05) is 0 Å². The molecule has 0 radical (unpaired) electrons. The van der Waals surface area contributed by atoms with Crippen LogP contribution in [-0.4, -0.2) is 39.9 Å². The summed E-state index contributed by atoms with van der Waals surface area (Å²) in [6.45, 7) is 4.61. The molecule has 0 aromatic rings. The summed E-state index contributed by atoms with van der Waals surface area (Å²) >= 11 is 0. The number of hydrogen-bond acceptors (Lipinski definition) is 4. The average Bonchev–Trinajstić information content (AvgIpc) is 2.43. The summed E-state index contributed by atoms with van der Waals surface area (Å²) in [5.74, 6) is -3.33. The summed E-state index contributed by atoms with van der Waals surface area (Å²) in [7, 11) is -5.12. The lowest BCUT2D eigenvalue weighted by molar-refractivity contribution is -0.161. The maximum Gasteiger partial charge on any atom is 0.328 e. The van der Waals surface area contributed by atoms with Gasteiger partial charge in [0.05, 0.1) is 0 Å². The molecular formula is C15H28O7S. The first-order valence-electron chi connectivity index (χ1n) is 7.95. The van der Waals surface area contributed by atoms with E-state index in [4.69, 9.17) is 0 Å². The van der Waals surface area contributed by atoms with E-state index in [-0.39, 0.29) is 12.8 Å². The Morgan fingerprint density at radius 2 is 1.26 bits per heavy atom. The van der Waals surface area contributed by atoms with Crippen LogP contribution in [0, 0.1) is 5.41 Å². The number of carbonyl (C=O) groups is 2. The predicted octanol–water partition coefficient (Wildman–Crippen LogP) is 2.95. The van der Waals surface area contributed by atoms with Crippen molar-refractivity contribution >= 4 is 22.1 Å². The van der Waals surface area contributed by atoms with Gasteiger partial charge in [0.1, 0.15) is 5.41 Å². The minimum atomic E-state index is -5.12. The summed E-state index contributed by atoms with van der Waals surface area (Å²) in [5, 5.41) is 19.2. The summed E-state index contributed by atoms with van der Waals surface area (Å²) in [6.07, 6.45) is 3.42. The number of unbranched alkanes of at least 4 members (excludes halogenated alkanes) is 4. The van der Waals surface area contributed by atoms with Crippen LogP contribution in [0.1, 0.15) is 72.1 Å². The molecule has 0 aliphatic rings. The Labute approximate surface area is 137 Å². The molecule has 0 aromatic carbocycles. The van der Waals surface area contributed by atoms with Crippen molar-refractivity contribution in [3.05, 3.63) is 0 Å². The molecule has 0 spiro atoms. The molecule has 0 amide bonds. The van der Waals surface area contributed by atoms with Crippen LogP contribution < -0.4 is 0 Å². The second-order valence-electron chi connectivity index (χ2n) is 6.11. The third kappa shape index (κ3) is 4.44. The number of aliphatic carboxylic acids is 2. The maximum atomic E-state index is 12.0. The molecule has 0 fully saturated rings. The fourth-order valence-electron chi connectivity index (χ4n) is 2.94. The second-order valence-corrected chi connectivity index (χ2v) is 7.88. The zero-order valence-corrected chi connectivity index (χ0v) is 14.9. The third-order valence-electron chi connectivity index (χ3n) is 4.66. The molecule has 8 heteroatoms. The highest BCUT2D eigenvalue weighted by Gasteiger charge is 2.65. The normalized spacial score (nSPS) is 15.1. The van der Waals surface area contributed by atoms with Crippen molar-refractivity contribution in [2.45, 2.75) is 76.9 Å². The number of carboxylic acid groups (broad SMARTS) is 2. The van der Waals surface area contributed by atoms with Crippen LogP contribution >= 0.6 is 0 Å². The van der Waals surface area contributed by atoms with Crippen molar-refractivity contribution in [1.29, 1.82) is 0 Å². The van der Waals surface area contributed by atoms with Gasteiger partial charge in [0.25, 0.3) is 10.1 Å². The van der Waals surface area contributed by atoms with E-state index < -0.39 is 32.2 Å². The number of hydrogen-bond donors (Lipinski definition) is 3. The predicted molar refractivity (Wildman–Crippen MR) is 85.9 cm³/mol. The molecule has 0 aliphatic carbocycles. The zero-order chi connectivity index (χ0) is 18.3. The summed E-state index contributed by atoms with van der Waals surface area (Å²) in [6, 6.07) is 0. The maximum absolute atomic E-state index is 12.0. The van der Waals surface area contributed by atoms with Crippen molar-refractivity contribution < 1.29 is 32.8 Å². The highest BCUT2D eigenvalue weighted by atomic mass is 32.2. The van der Waals surface area contributed by atoms with E-state index in [1.165, 1.54) is 0 Å². The number of rotatable bonds is 12. The zero-order valence-electron chi connectivity index (χ0n) is 14.0. The van der Waals surface area contributed by atoms with E-state index in [1.54, 1.807) is 0 Å². The molecule has 1 atom stereocenters. The highest BCUT2D eigenvalue weighted by Crippen LogP contribution is 2.46. The van der Waals surface area contributed by atoms with Gasteiger partial charge in [-0.05, 0) is 19.8 Å². The van der Waals surface area contributed by atoms with Gasteiger partial charge < -0.3 is 10.2 Å². The molecule has 0 aliphatic heterocycles. The molecule has 7 nitrogen and oxygen atoms in total. The monoisotopic (exact) mass is 352 g/mol. The van der Waals surface area contributed by atoms with Crippen LogP contribution in [0.15, 0.2) is 0 Å². The fraction of sp³-hybridized carbons (Fsp3) is 0.867. The van der Waals surface area contributed by atoms with Gasteiger partial charge in [-0.2, -0.15) is 8.42 Å². The first-order valence-corrected chi connectivity index (χ1v) is 9.39. The van der Waals surface area contributed by atoms with Crippen LogP contribution in [0.3, 0.4) is 0 Å². The van der Waals surface area contributed by atoms with Gasteiger partial charge in [-0.3, -0.25) is 14.1 Å². The SMILES string of the molecule is CCCCCC(CCCCC)(C(=O)O)C(C)(C(=O)O)S(=O)(=O)O. The van der Waals surface area contributed by atoms with E-state index in [0.29, 0.717) is 25.7 Å². The lowest BCUT2D eigenvalue weighted by atomic mass is 9.68. The van der Waals surface area contributed by atoms with Crippen molar-refractivity contribution in [2.24, 2.45) is 5.41 Å². The second kappa shape index (κ2) is 8.63. The summed E-state index contributed by atoms with van der Waals surface area (Å²) < 4.78 is 30.4. The van der Waals surface area contributed by atoms with Crippen LogP contribution in [0.2, 0.25) is 0 Å². The molecule has 23 heavy (non-hydrogen) atoms. The third-order valence-corrected chi connectivity index (χ3v) is 6.26. The molecule has 0 heterocycles. The van der Waals surface area contributed by atoms with Gasteiger partial charge in [-0.15, -0.1) is 0 Å². The topological polar surface area (TPSA) is 129 Å². The minimum absolute atomic E-state index is 0.109. The van der Waals surface area contributed by atoms with Gasteiger partial charge in [-0.25, -0.2) is 0 Å². The van der Waals surface area contributed by atoms with Gasteiger partial charge in [0.2, 0.25) is 4.75 Å².